The zero-order valence-corrected chi connectivity index (χ0v) is 10.9. The van der Waals surface area contributed by atoms with Gasteiger partial charge in [0.05, 0.1) is 0 Å². The smallest absolute Gasteiger partial charge is 0.317 e. The number of halogens is 3. The fourth-order valence-electron chi connectivity index (χ4n) is 2.11. The number of hydrogen-bond donors (Lipinski definition) is 1. The molecule has 1 aromatic rings. The summed E-state index contributed by atoms with van der Waals surface area (Å²) in [4.78, 5) is 6.31. The number of aromatic nitrogens is 1. The largest absolute Gasteiger partial charge is 0.443 e. The first-order valence-electron chi connectivity index (χ1n) is 5.90. The summed E-state index contributed by atoms with van der Waals surface area (Å²) in [6, 6.07) is 0.536. The minimum atomic E-state index is -4.32. The molecule has 0 amide bonds. The lowest BCUT2D eigenvalue weighted by atomic mass is 10.1. The highest BCUT2D eigenvalue weighted by Crippen LogP contribution is 2.32. The maximum absolute atomic E-state index is 12.4. The van der Waals surface area contributed by atoms with Gasteiger partial charge in [0.2, 0.25) is 0 Å². The van der Waals surface area contributed by atoms with E-state index in [4.69, 9.17) is 0 Å². The number of thiazole rings is 1. The zero-order valence-electron chi connectivity index (χ0n) is 10.1. The summed E-state index contributed by atoms with van der Waals surface area (Å²) >= 11 is 0.747. The molecule has 2 rings (SSSR count). The van der Waals surface area contributed by atoms with Crippen molar-refractivity contribution in [2.75, 3.05) is 20.1 Å². The van der Waals surface area contributed by atoms with E-state index in [0.29, 0.717) is 17.5 Å². The van der Waals surface area contributed by atoms with Gasteiger partial charge < -0.3 is 5.32 Å². The Labute approximate surface area is 108 Å². The van der Waals surface area contributed by atoms with E-state index in [2.05, 4.69) is 15.2 Å². The molecule has 0 bridgehead atoms. The first-order valence-corrected chi connectivity index (χ1v) is 6.72. The van der Waals surface area contributed by atoms with E-state index in [1.807, 2.05) is 7.05 Å². The number of likely N-dealkylation sites (tertiary alicyclic amines) is 1. The maximum Gasteiger partial charge on any atom is 0.443 e. The number of nitrogens with one attached hydrogen (secondary N) is 1. The number of rotatable bonds is 3. The standard InChI is InChI=1S/C11H16F3N3S/c1-15-8-2-4-17(5-3-8)7-9-6-16-10(18-9)11(12,13)14/h6,8,15H,2-5,7H2,1H3. The second-order valence-corrected chi connectivity index (χ2v) is 5.58. The molecule has 0 aromatic carbocycles. The minimum Gasteiger partial charge on any atom is -0.317 e. The summed E-state index contributed by atoms with van der Waals surface area (Å²) in [6.07, 6.45) is -0.886. The van der Waals surface area contributed by atoms with E-state index >= 15 is 0 Å². The molecule has 0 radical (unpaired) electrons. The predicted molar refractivity (Wildman–Crippen MR) is 64.5 cm³/mol. The molecule has 1 N–H and O–H groups in total. The van der Waals surface area contributed by atoms with Crippen LogP contribution in [-0.2, 0) is 12.7 Å². The van der Waals surface area contributed by atoms with Gasteiger partial charge in [-0.05, 0) is 33.0 Å². The Morgan fingerprint density at radius 3 is 2.61 bits per heavy atom. The molecule has 0 spiro atoms. The molecule has 1 aromatic heterocycles. The third kappa shape index (κ3) is 3.43. The van der Waals surface area contributed by atoms with E-state index in [0.717, 1.165) is 37.3 Å². The van der Waals surface area contributed by atoms with Crippen molar-refractivity contribution in [1.29, 1.82) is 0 Å². The average Bonchev–Trinajstić information content (AvgIpc) is 2.78. The molecule has 18 heavy (non-hydrogen) atoms. The monoisotopic (exact) mass is 279 g/mol. The lowest BCUT2D eigenvalue weighted by molar-refractivity contribution is -0.137. The third-order valence-corrected chi connectivity index (χ3v) is 4.20. The summed E-state index contributed by atoms with van der Waals surface area (Å²) in [7, 11) is 1.94. The Hall–Kier alpha value is -0.660. The van der Waals surface area contributed by atoms with Gasteiger partial charge in [0.1, 0.15) is 0 Å². The molecule has 0 atom stereocenters. The highest BCUT2D eigenvalue weighted by atomic mass is 32.1. The van der Waals surface area contributed by atoms with Crippen molar-refractivity contribution in [2.45, 2.75) is 31.6 Å². The highest BCUT2D eigenvalue weighted by Gasteiger charge is 2.34. The molecule has 2 heterocycles. The highest BCUT2D eigenvalue weighted by molar-refractivity contribution is 7.11. The van der Waals surface area contributed by atoms with Gasteiger partial charge in [-0.3, -0.25) is 4.90 Å². The van der Waals surface area contributed by atoms with Crippen LogP contribution in [0, 0.1) is 0 Å². The Bertz CT molecular complexity index is 383. The van der Waals surface area contributed by atoms with E-state index in [1.54, 1.807) is 0 Å². The van der Waals surface area contributed by atoms with Gasteiger partial charge in [-0.2, -0.15) is 13.2 Å². The first-order chi connectivity index (χ1) is 8.49. The van der Waals surface area contributed by atoms with Gasteiger partial charge in [-0.25, -0.2) is 4.98 Å². The fraction of sp³-hybridized carbons (Fsp3) is 0.727. The second-order valence-electron chi connectivity index (χ2n) is 4.47. The van der Waals surface area contributed by atoms with Crippen LogP contribution in [-0.4, -0.2) is 36.1 Å². The van der Waals surface area contributed by atoms with Gasteiger partial charge in [0.15, 0.2) is 5.01 Å². The van der Waals surface area contributed by atoms with Crippen molar-refractivity contribution in [1.82, 2.24) is 15.2 Å². The zero-order chi connectivity index (χ0) is 13.2. The van der Waals surface area contributed by atoms with Crippen molar-refractivity contribution in [3.05, 3.63) is 16.1 Å². The summed E-state index contributed by atoms with van der Waals surface area (Å²) in [5.41, 5.74) is 0. The summed E-state index contributed by atoms with van der Waals surface area (Å²) in [6.45, 7) is 2.42. The Morgan fingerprint density at radius 2 is 2.11 bits per heavy atom. The van der Waals surface area contributed by atoms with Gasteiger partial charge in [-0.1, -0.05) is 0 Å². The van der Waals surface area contributed by atoms with Crippen LogP contribution in [0.2, 0.25) is 0 Å². The molecular weight excluding hydrogens is 263 g/mol. The molecule has 0 unspecified atom stereocenters. The predicted octanol–water partition coefficient (Wildman–Crippen LogP) is 2.35. The SMILES string of the molecule is CNC1CCN(Cc2cnc(C(F)(F)F)s2)CC1. The van der Waals surface area contributed by atoms with E-state index in [9.17, 15) is 13.2 Å². The van der Waals surface area contributed by atoms with Gasteiger partial charge in [0.25, 0.3) is 0 Å². The molecule has 1 saturated heterocycles. The van der Waals surface area contributed by atoms with Crippen LogP contribution in [0.1, 0.15) is 22.7 Å². The van der Waals surface area contributed by atoms with E-state index in [-0.39, 0.29) is 0 Å². The van der Waals surface area contributed by atoms with Crippen molar-refractivity contribution in [3.63, 3.8) is 0 Å². The van der Waals surface area contributed by atoms with Crippen LogP contribution < -0.4 is 5.32 Å². The topological polar surface area (TPSA) is 28.2 Å². The van der Waals surface area contributed by atoms with Gasteiger partial charge in [0, 0.05) is 23.7 Å². The van der Waals surface area contributed by atoms with E-state index in [1.165, 1.54) is 6.20 Å². The number of alkyl halides is 3. The Balaban J connectivity index is 1.89. The number of hydrogen-bond acceptors (Lipinski definition) is 4. The van der Waals surface area contributed by atoms with Crippen LogP contribution in [0.4, 0.5) is 13.2 Å². The quantitative estimate of drug-likeness (QED) is 0.920. The molecule has 3 nitrogen and oxygen atoms in total. The average molecular weight is 279 g/mol. The van der Waals surface area contributed by atoms with Crippen molar-refractivity contribution in [3.8, 4) is 0 Å². The molecule has 0 aliphatic carbocycles. The second kappa shape index (κ2) is 5.54. The van der Waals surface area contributed by atoms with E-state index < -0.39 is 11.2 Å². The summed E-state index contributed by atoms with van der Waals surface area (Å²) in [5, 5.41) is 2.48. The summed E-state index contributed by atoms with van der Waals surface area (Å²) in [5.74, 6) is 0. The lowest BCUT2D eigenvalue weighted by Gasteiger charge is -2.31. The molecule has 1 aliphatic heterocycles. The number of nitrogens with zero attached hydrogens (tertiary/aromatic N) is 2. The van der Waals surface area contributed by atoms with Crippen LogP contribution in [0.15, 0.2) is 6.20 Å². The molecular formula is C11H16F3N3S. The van der Waals surface area contributed by atoms with Crippen molar-refractivity contribution in [2.24, 2.45) is 0 Å². The fourth-order valence-corrected chi connectivity index (χ4v) is 2.93. The molecule has 0 saturated carbocycles. The van der Waals surface area contributed by atoms with Crippen LogP contribution >= 0.6 is 11.3 Å². The summed E-state index contributed by atoms with van der Waals surface area (Å²) < 4.78 is 37.2. The molecule has 102 valence electrons. The Kier molecular flexibility index (Phi) is 4.24. The Morgan fingerprint density at radius 1 is 1.44 bits per heavy atom. The maximum atomic E-state index is 12.4. The lowest BCUT2D eigenvalue weighted by Crippen LogP contribution is -2.40. The molecule has 1 aliphatic rings. The van der Waals surface area contributed by atoms with Crippen LogP contribution in [0.5, 0.6) is 0 Å². The van der Waals surface area contributed by atoms with Crippen LogP contribution in [0.25, 0.3) is 0 Å². The van der Waals surface area contributed by atoms with Crippen molar-refractivity contribution >= 4 is 11.3 Å². The van der Waals surface area contributed by atoms with Gasteiger partial charge >= 0.3 is 6.18 Å². The van der Waals surface area contributed by atoms with Crippen LogP contribution in [0.3, 0.4) is 0 Å². The number of piperidine rings is 1. The normalized spacial score (nSPS) is 19.3. The molecule has 7 heteroatoms. The molecule has 1 fully saturated rings. The van der Waals surface area contributed by atoms with Crippen molar-refractivity contribution < 1.29 is 13.2 Å². The first kappa shape index (κ1) is 13.8. The van der Waals surface area contributed by atoms with Gasteiger partial charge in [-0.15, -0.1) is 11.3 Å². The third-order valence-electron chi connectivity index (χ3n) is 3.17. The minimum absolute atomic E-state index is 0.536.